The van der Waals surface area contributed by atoms with Gasteiger partial charge < -0.3 is 10.6 Å². The molecule has 0 amide bonds. The molecule has 0 fully saturated rings. The average Bonchev–Trinajstić information content (AvgIpc) is 2.03. The highest BCUT2D eigenvalue weighted by atomic mass is 19.1. The van der Waals surface area contributed by atoms with Gasteiger partial charge in [-0.3, -0.25) is 5.41 Å². The van der Waals surface area contributed by atoms with Crippen molar-refractivity contribution in [3.63, 3.8) is 0 Å². The summed E-state index contributed by atoms with van der Waals surface area (Å²) in [4.78, 5) is 1.95. The van der Waals surface area contributed by atoms with Gasteiger partial charge >= 0.3 is 0 Å². The molecule has 0 aromatic rings. The first-order valence-corrected chi connectivity index (χ1v) is 4.24. The Morgan fingerprint density at radius 2 is 2.25 bits per heavy atom. The Bertz CT molecular complexity index is 138. The van der Waals surface area contributed by atoms with Crippen LogP contribution in [-0.4, -0.2) is 37.0 Å². The van der Waals surface area contributed by atoms with Gasteiger partial charge in [-0.1, -0.05) is 13.8 Å². The van der Waals surface area contributed by atoms with Crippen molar-refractivity contribution in [2.45, 2.75) is 13.8 Å². The number of nitrogens with one attached hydrogen (secondary N) is 1. The Kier molecular flexibility index (Phi) is 5.62. The number of alkyl halides is 1. The summed E-state index contributed by atoms with van der Waals surface area (Å²) in [5.74, 6) is 0.198. The van der Waals surface area contributed by atoms with Gasteiger partial charge in [-0.25, -0.2) is 4.39 Å². The van der Waals surface area contributed by atoms with Crippen molar-refractivity contribution in [2.24, 2.45) is 11.7 Å². The highest BCUT2D eigenvalue weighted by Crippen LogP contribution is 1.98. The smallest absolute Gasteiger partial charge is 0.102 e. The second kappa shape index (κ2) is 5.94. The Morgan fingerprint density at radius 3 is 2.58 bits per heavy atom. The van der Waals surface area contributed by atoms with E-state index >= 15 is 0 Å². The molecule has 0 heterocycles. The van der Waals surface area contributed by atoms with Gasteiger partial charge in [0, 0.05) is 19.0 Å². The average molecular weight is 175 g/mol. The van der Waals surface area contributed by atoms with Crippen LogP contribution in [0.4, 0.5) is 4.39 Å². The molecule has 0 aliphatic rings. The molecule has 0 spiro atoms. The van der Waals surface area contributed by atoms with Crippen molar-refractivity contribution in [1.29, 1.82) is 5.41 Å². The monoisotopic (exact) mass is 175 g/mol. The van der Waals surface area contributed by atoms with E-state index in [-0.39, 0.29) is 18.4 Å². The minimum absolute atomic E-state index is 0.0245. The predicted molar refractivity (Wildman–Crippen MR) is 49.2 cm³/mol. The second-order valence-corrected chi connectivity index (χ2v) is 2.94. The van der Waals surface area contributed by atoms with Gasteiger partial charge in [-0.05, 0) is 6.54 Å². The van der Waals surface area contributed by atoms with Gasteiger partial charge in [0.25, 0.3) is 0 Å². The zero-order valence-corrected chi connectivity index (χ0v) is 7.81. The molecule has 1 atom stereocenters. The number of nitrogens with two attached hydrogens (primary N) is 1. The Morgan fingerprint density at radius 1 is 1.67 bits per heavy atom. The molecule has 0 rings (SSSR count). The summed E-state index contributed by atoms with van der Waals surface area (Å²) in [6.45, 7) is 5.44. The zero-order chi connectivity index (χ0) is 9.56. The Hall–Kier alpha value is -0.640. The van der Waals surface area contributed by atoms with Crippen molar-refractivity contribution in [2.75, 3.05) is 26.3 Å². The lowest BCUT2D eigenvalue weighted by Gasteiger charge is -2.22. The molecule has 0 aliphatic carbocycles. The molecule has 72 valence electrons. The summed E-state index contributed by atoms with van der Waals surface area (Å²) < 4.78 is 12.0. The summed E-state index contributed by atoms with van der Waals surface area (Å²) in [6, 6.07) is 0. The molecule has 1 unspecified atom stereocenters. The molecule has 4 heteroatoms. The standard InChI is InChI=1S/C8H18FN3/c1-3-12(5-4-9)6-7(2)8(10)11/h7H,3-6H2,1-2H3,(H3,10,11). The van der Waals surface area contributed by atoms with Gasteiger partial charge in [0.05, 0.1) is 5.84 Å². The SMILES string of the molecule is CCN(CCF)CC(C)C(=N)N. The highest BCUT2D eigenvalue weighted by molar-refractivity contribution is 5.79. The van der Waals surface area contributed by atoms with E-state index in [0.717, 1.165) is 6.54 Å². The van der Waals surface area contributed by atoms with Crippen molar-refractivity contribution >= 4 is 5.84 Å². The fourth-order valence-corrected chi connectivity index (χ4v) is 0.984. The maximum Gasteiger partial charge on any atom is 0.102 e. The zero-order valence-electron chi connectivity index (χ0n) is 7.81. The summed E-state index contributed by atoms with van der Waals surface area (Å²) in [7, 11) is 0. The summed E-state index contributed by atoms with van der Waals surface area (Å²) in [5, 5.41) is 7.16. The first-order valence-electron chi connectivity index (χ1n) is 4.24. The van der Waals surface area contributed by atoms with Gasteiger partial charge in [-0.2, -0.15) is 0 Å². The second-order valence-electron chi connectivity index (χ2n) is 2.94. The van der Waals surface area contributed by atoms with E-state index in [1.54, 1.807) is 0 Å². The van der Waals surface area contributed by atoms with E-state index in [9.17, 15) is 4.39 Å². The fraction of sp³-hybridized carbons (Fsp3) is 0.875. The van der Waals surface area contributed by atoms with Gasteiger partial charge in [-0.15, -0.1) is 0 Å². The minimum Gasteiger partial charge on any atom is -0.387 e. The quantitative estimate of drug-likeness (QED) is 0.464. The van der Waals surface area contributed by atoms with Crippen molar-refractivity contribution in [1.82, 2.24) is 4.90 Å². The molecule has 3 nitrogen and oxygen atoms in total. The number of hydrogen-bond donors (Lipinski definition) is 2. The molecule has 0 aliphatic heterocycles. The fourth-order valence-electron chi connectivity index (χ4n) is 0.984. The molecular formula is C8H18FN3. The Balaban J connectivity index is 3.76. The maximum absolute atomic E-state index is 12.0. The van der Waals surface area contributed by atoms with E-state index in [1.165, 1.54) is 0 Å². The lowest BCUT2D eigenvalue weighted by Crippen LogP contribution is -2.35. The Labute approximate surface area is 73.2 Å². The number of hydrogen-bond acceptors (Lipinski definition) is 2. The number of amidine groups is 1. The predicted octanol–water partition coefficient (Wildman–Crippen LogP) is 0.850. The molecule has 12 heavy (non-hydrogen) atoms. The third-order valence-corrected chi connectivity index (χ3v) is 1.91. The van der Waals surface area contributed by atoms with Crippen LogP contribution in [0.15, 0.2) is 0 Å². The van der Waals surface area contributed by atoms with E-state index in [2.05, 4.69) is 0 Å². The van der Waals surface area contributed by atoms with Crippen molar-refractivity contribution in [3.8, 4) is 0 Å². The van der Waals surface area contributed by atoms with Gasteiger partial charge in [0.2, 0.25) is 0 Å². The van der Waals surface area contributed by atoms with Crippen LogP contribution in [0.3, 0.4) is 0 Å². The largest absolute Gasteiger partial charge is 0.387 e. The first-order chi connectivity index (χ1) is 5.61. The van der Waals surface area contributed by atoms with Crippen LogP contribution in [0.1, 0.15) is 13.8 Å². The molecule has 0 saturated carbocycles. The number of halogens is 1. The lowest BCUT2D eigenvalue weighted by molar-refractivity contribution is 0.246. The van der Waals surface area contributed by atoms with E-state index in [4.69, 9.17) is 11.1 Å². The third kappa shape index (κ3) is 4.28. The molecule has 0 bridgehead atoms. The molecule has 0 radical (unpaired) electrons. The molecule has 0 aromatic carbocycles. The first kappa shape index (κ1) is 11.4. The van der Waals surface area contributed by atoms with Crippen LogP contribution in [0.2, 0.25) is 0 Å². The van der Waals surface area contributed by atoms with Crippen LogP contribution in [-0.2, 0) is 0 Å². The van der Waals surface area contributed by atoms with Crippen molar-refractivity contribution in [3.05, 3.63) is 0 Å². The lowest BCUT2D eigenvalue weighted by atomic mass is 10.1. The van der Waals surface area contributed by atoms with E-state index in [1.807, 2.05) is 18.7 Å². The molecule has 0 aromatic heterocycles. The summed E-state index contributed by atoms with van der Waals surface area (Å²) in [5.41, 5.74) is 5.30. The van der Waals surface area contributed by atoms with Crippen molar-refractivity contribution < 1.29 is 4.39 Å². The highest BCUT2D eigenvalue weighted by Gasteiger charge is 2.10. The molecular weight excluding hydrogens is 157 g/mol. The van der Waals surface area contributed by atoms with E-state index < -0.39 is 0 Å². The van der Waals surface area contributed by atoms with E-state index in [0.29, 0.717) is 13.1 Å². The maximum atomic E-state index is 12.0. The number of rotatable bonds is 6. The van der Waals surface area contributed by atoms with Gasteiger partial charge in [0.1, 0.15) is 6.67 Å². The normalized spacial score (nSPS) is 13.3. The third-order valence-electron chi connectivity index (χ3n) is 1.91. The van der Waals surface area contributed by atoms with Crippen LogP contribution in [0, 0.1) is 11.3 Å². The van der Waals surface area contributed by atoms with Crippen LogP contribution < -0.4 is 5.73 Å². The molecule has 0 saturated heterocycles. The summed E-state index contributed by atoms with van der Waals surface area (Å²) >= 11 is 0. The molecule has 3 N–H and O–H groups in total. The topological polar surface area (TPSA) is 53.1 Å². The van der Waals surface area contributed by atoms with Gasteiger partial charge in [0.15, 0.2) is 0 Å². The van der Waals surface area contributed by atoms with Crippen LogP contribution in [0.5, 0.6) is 0 Å². The number of nitrogens with zero attached hydrogens (tertiary/aromatic N) is 1. The van der Waals surface area contributed by atoms with Crippen LogP contribution in [0.25, 0.3) is 0 Å². The van der Waals surface area contributed by atoms with Crippen LogP contribution >= 0.6 is 0 Å². The minimum atomic E-state index is -0.335. The summed E-state index contributed by atoms with van der Waals surface area (Å²) in [6.07, 6.45) is 0.